The first kappa shape index (κ1) is 24.1. The average Bonchev–Trinajstić information content (AvgIpc) is 3.33. The molecule has 0 spiro atoms. The van der Waals surface area contributed by atoms with E-state index in [4.69, 9.17) is 9.47 Å². The van der Waals surface area contributed by atoms with Gasteiger partial charge in [0.25, 0.3) is 0 Å². The molecule has 0 aromatic heterocycles. The molecule has 0 amide bonds. The van der Waals surface area contributed by atoms with Crippen molar-refractivity contribution < 1.29 is 18.7 Å². The minimum absolute atomic E-state index is 0.112. The van der Waals surface area contributed by atoms with Gasteiger partial charge in [-0.15, -0.1) is 0 Å². The van der Waals surface area contributed by atoms with E-state index >= 15 is 0 Å². The molecule has 0 unspecified atom stereocenters. The fourth-order valence-corrected chi connectivity index (χ4v) is 6.70. The van der Waals surface area contributed by atoms with Crippen LogP contribution >= 0.6 is 0 Å². The summed E-state index contributed by atoms with van der Waals surface area (Å²) in [6, 6.07) is 32.2. The number of hydrogen-bond donors (Lipinski definition) is 0. The Morgan fingerprint density at radius 2 is 1.39 bits per heavy atom. The van der Waals surface area contributed by atoms with Crippen molar-refractivity contribution in [3.63, 3.8) is 0 Å². The van der Waals surface area contributed by atoms with E-state index in [1.54, 1.807) is 12.1 Å². The number of esters is 1. The van der Waals surface area contributed by atoms with Crippen LogP contribution in [0, 0.1) is 5.82 Å². The van der Waals surface area contributed by atoms with E-state index in [2.05, 4.69) is 31.2 Å². The summed E-state index contributed by atoms with van der Waals surface area (Å²) >= 11 is 0. The minimum Gasteiger partial charge on any atom is -0.487 e. The number of carbonyl (C=O) groups is 1. The number of rotatable bonds is 7. The van der Waals surface area contributed by atoms with Gasteiger partial charge >= 0.3 is 5.97 Å². The highest BCUT2D eigenvalue weighted by molar-refractivity contribution is 7.97. The summed E-state index contributed by atoms with van der Waals surface area (Å²) in [5, 5.41) is 0. The SMILES string of the molecule is CC1(Oc2ccc(OC(=O)c3cccc([S+](c4ccccc4)c4ccccc4)c3)c(F)c2)CCCC1. The van der Waals surface area contributed by atoms with Gasteiger partial charge in [0.05, 0.1) is 16.5 Å². The molecule has 182 valence electrons. The van der Waals surface area contributed by atoms with Crippen LogP contribution in [-0.4, -0.2) is 11.6 Å². The molecule has 0 bridgehead atoms. The molecule has 0 atom stereocenters. The molecule has 3 nitrogen and oxygen atoms in total. The maximum Gasteiger partial charge on any atom is 0.343 e. The molecule has 0 radical (unpaired) electrons. The van der Waals surface area contributed by atoms with Gasteiger partial charge in [-0.2, -0.15) is 0 Å². The van der Waals surface area contributed by atoms with Crippen LogP contribution in [-0.2, 0) is 10.9 Å². The van der Waals surface area contributed by atoms with Gasteiger partial charge in [-0.05, 0) is 81.1 Å². The Kier molecular flexibility index (Phi) is 7.10. The number of carbonyl (C=O) groups excluding carboxylic acids is 1. The highest BCUT2D eigenvalue weighted by atomic mass is 32.2. The highest BCUT2D eigenvalue weighted by Gasteiger charge is 2.31. The van der Waals surface area contributed by atoms with Crippen molar-refractivity contribution in [2.24, 2.45) is 0 Å². The van der Waals surface area contributed by atoms with Crippen molar-refractivity contribution in [2.45, 2.75) is 52.9 Å². The molecular formula is C31H28FO3S+. The van der Waals surface area contributed by atoms with Crippen molar-refractivity contribution >= 4 is 16.9 Å². The summed E-state index contributed by atoms with van der Waals surface area (Å²) in [6.07, 6.45) is 4.14. The molecule has 5 rings (SSSR count). The Bertz CT molecular complexity index is 1300. The molecule has 0 N–H and O–H groups in total. The molecule has 1 aliphatic carbocycles. The lowest BCUT2D eigenvalue weighted by molar-refractivity contribution is 0.0724. The standard InChI is InChI=1S/C31H28FO3S/c1-31(19-8-9-20-31)35-24-17-18-29(28(32)22-24)34-30(33)23-11-10-16-27(21-23)36(25-12-4-2-5-13-25)26-14-6-3-7-15-26/h2-7,10-18,21-22H,8-9,19-20H2,1H3/q+1. The van der Waals surface area contributed by atoms with E-state index in [0.717, 1.165) is 40.4 Å². The maximum absolute atomic E-state index is 14.8. The van der Waals surface area contributed by atoms with Gasteiger partial charge in [0.15, 0.2) is 26.3 Å². The van der Waals surface area contributed by atoms with E-state index in [1.807, 2.05) is 54.6 Å². The smallest absolute Gasteiger partial charge is 0.343 e. The number of ether oxygens (including phenoxy) is 2. The normalized spacial score (nSPS) is 14.5. The third kappa shape index (κ3) is 5.47. The number of hydrogen-bond acceptors (Lipinski definition) is 3. The van der Waals surface area contributed by atoms with Crippen molar-refractivity contribution in [3.05, 3.63) is 115 Å². The van der Waals surface area contributed by atoms with Gasteiger partial charge in [0.1, 0.15) is 11.4 Å². The average molecular weight is 500 g/mol. The summed E-state index contributed by atoms with van der Waals surface area (Å²) in [6.45, 7) is 2.05. The molecule has 4 aromatic carbocycles. The lowest BCUT2D eigenvalue weighted by atomic mass is 10.1. The van der Waals surface area contributed by atoms with Crippen molar-refractivity contribution in [1.29, 1.82) is 0 Å². The first-order chi connectivity index (χ1) is 17.5. The molecule has 0 heterocycles. The highest BCUT2D eigenvalue weighted by Crippen LogP contribution is 2.35. The molecular weight excluding hydrogens is 471 g/mol. The molecule has 4 aromatic rings. The number of benzene rings is 4. The second-order valence-electron chi connectivity index (χ2n) is 9.20. The molecule has 0 saturated heterocycles. The van der Waals surface area contributed by atoms with Gasteiger partial charge in [0.2, 0.25) is 0 Å². The van der Waals surface area contributed by atoms with Crippen molar-refractivity contribution in [3.8, 4) is 11.5 Å². The first-order valence-corrected chi connectivity index (χ1v) is 13.4. The molecule has 1 aliphatic rings. The summed E-state index contributed by atoms with van der Waals surface area (Å²) in [7, 11) is -0.401. The van der Waals surface area contributed by atoms with Crippen LogP contribution in [0.4, 0.5) is 4.39 Å². The largest absolute Gasteiger partial charge is 0.487 e. The lowest BCUT2D eigenvalue weighted by Gasteiger charge is -2.25. The van der Waals surface area contributed by atoms with E-state index in [1.165, 1.54) is 12.1 Å². The first-order valence-electron chi connectivity index (χ1n) is 12.2. The Labute approximate surface area is 214 Å². The molecule has 0 aliphatic heterocycles. The van der Waals surface area contributed by atoms with Gasteiger partial charge in [-0.3, -0.25) is 0 Å². The predicted molar refractivity (Wildman–Crippen MR) is 140 cm³/mol. The van der Waals surface area contributed by atoms with Crippen LogP contribution < -0.4 is 9.47 Å². The predicted octanol–water partition coefficient (Wildman–Crippen LogP) is 7.85. The second kappa shape index (κ2) is 10.6. The van der Waals surface area contributed by atoms with E-state index < -0.39 is 22.7 Å². The van der Waals surface area contributed by atoms with Crippen LogP contribution in [0.3, 0.4) is 0 Å². The summed E-state index contributed by atoms with van der Waals surface area (Å²) < 4.78 is 26.3. The second-order valence-corrected chi connectivity index (χ2v) is 11.2. The molecule has 36 heavy (non-hydrogen) atoms. The summed E-state index contributed by atoms with van der Waals surface area (Å²) in [5.74, 6) is -0.878. The topological polar surface area (TPSA) is 35.5 Å². The Morgan fingerprint density at radius 1 is 0.778 bits per heavy atom. The number of halogens is 1. The van der Waals surface area contributed by atoms with E-state index in [0.29, 0.717) is 11.3 Å². The molecule has 5 heteroatoms. The third-order valence-corrected chi connectivity index (χ3v) is 8.61. The summed E-state index contributed by atoms with van der Waals surface area (Å²) in [4.78, 5) is 16.3. The van der Waals surface area contributed by atoms with Crippen LogP contribution in [0.1, 0.15) is 43.0 Å². The zero-order chi connectivity index (χ0) is 25.0. The monoisotopic (exact) mass is 499 g/mol. The van der Waals surface area contributed by atoms with E-state index in [9.17, 15) is 9.18 Å². The fourth-order valence-electron chi connectivity index (χ4n) is 4.57. The van der Waals surface area contributed by atoms with Crippen molar-refractivity contribution in [2.75, 3.05) is 0 Å². The van der Waals surface area contributed by atoms with Crippen LogP contribution in [0.25, 0.3) is 0 Å². The van der Waals surface area contributed by atoms with Gasteiger partial charge in [-0.1, -0.05) is 42.5 Å². The zero-order valence-corrected chi connectivity index (χ0v) is 21.0. The maximum atomic E-state index is 14.8. The van der Waals surface area contributed by atoms with Gasteiger partial charge in [0, 0.05) is 12.1 Å². The van der Waals surface area contributed by atoms with Crippen LogP contribution in [0.2, 0.25) is 0 Å². The van der Waals surface area contributed by atoms with Gasteiger partial charge < -0.3 is 9.47 Å². The van der Waals surface area contributed by atoms with E-state index in [-0.39, 0.29) is 11.4 Å². The molecule has 1 fully saturated rings. The Morgan fingerprint density at radius 3 is 2.00 bits per heavy atom. The lowest BCUT2D eigenvalue weighted by Crippen LogP contribution is -2.28. The zero-order valence-electron chi connectivity index (χ0n) is 20.2. The third-order valence-electron chi connectivity index (χ3n) is 6.39. The Balaban J connectivity index is 1.37. The van der Waals surface area contributed by atoms with Gasteiger partial charge in [-0.25, -0.2) is 9.18 Å². The van der Waals surface area contributed by atoms with Crippen LogP contribution in [0.5, 0.6) is 11.5 Å². The summed E-state index contributed by atoms with van der Waals surface area (Å²) in [5.41, 5.74) is 0.106. The van der Waals surface area contributed by atoms with Crippen LogP contribution in [0.15, 0.2) is 118 Å². The molecule has 1 saturated carbocycles. The Hall–Kier alpha value is -3.57. The minimum atomic E-state index is -0.619. The fraction of sp³-hybridized carbons (Fsp3) is 0.194. The quantitative estimate of drug-likeness (QED) is 0.148. The van der Waals surface area contributed by atoms with Crippen molar-refractivity contribution in [1.82, 2.24) is 0 Å².